The van der Waals surface area contributed by atoms with Gasteiger partial charge in [-0.2, -0.15) is 0 Å². The van der Waals surface area contributed by atoms with Gasteiger partial charge in [0.05, 0.1) is 6.10 Å². The fourth-order valence-corrected chi connectivity index (χ4v) is 2.72. The molecular weight excluding hydrogens is 300 g/mol. The quantitative estimate of drug-likeness (QED) is 0.309. The molecule has 0 aromatic rings. The fourth-order valence-electron chi connectivity index (χ4n) is 2.72. The van der Waals surface area contributed by atoms with Gasteiger partial charge in [0.15, 0.2) is 0 Å². The molecule has 3 atom stereocenters. The molecule has 1 aliphatic rings. The molecule has 1 fully saturated rings. The predicted octanol–water partition coefficient (Wildman–Crippen LogP) is 4.71. The third-order valence-corrected chi connectivity index (χ3v) is 4.41. The third kappa shape index (κ3) is 11.1. The molecule has 24 heavy (non-hydrogen) atoms. The van der Waals surface area contributed by atoms with Crippen LogP contribution in [0.2, 0.25) is 0 Å². The molecule has 134 valence electrons. The van der Waals surface area contributed by atoms with Gasteiger partial charge in [-0.25, -0.2) is 0 Å². The first-order valence-electron chi connectivity index (χ1n) is 9.33. The van der Waals surface area contributed by atoms with Crippen molar-refractivity contribution >= 4 is 5.97 Å². The van der Waals surface area contributed by atoms with Crippen LogP contribution in [0.3, 0.4) is 0 Å². The molecule has 0 aromatic carbocycles. The molecule has 0 aromatic heterocycles. The highest BCUT2D eigenvalue weighted by atomic mass is 16.4. The third-order valence-electron chi connectivity index (χ3n) is 4.41. The van der Waals surface area contributed by atoms with Gasteiger partial charge < -0.3 is 10.2 Å². The molecule has 0 unspecified atom stereocenters. The van der Waals surface area contributed by atoms with E-state index in [2.05, 4.69) is 30.9 Å². The number of allylic oxidation sites excluding steroid dienone is 3. The van der Waals surface area contributed by atoms with E-state index >= 15 is 0 Å². The molecule has 0 radical (unpaired) electrons. The van der Waals surface area contributed by atoms with Gasteiger partial charge >= 0.3 is 5.97 Å². The second-order valence-corrected chi connectivity index (χ2v) is 6.70. The highest BCUT2D eigenvalue weighted by Gasteiger charge is 2.34. The van der Waals surface area contributed by atoms with E-state index in [1.807, 2.05) is 0 Å². The molecule has 3 heteroatoms. The van der Waals surface area contributed by atoms with Gasteiger partial charge in [-0.1, -0.05) is 50.2 Å². The second kappa shape index (κ2) is 12.8. The summed E-state index contributed by atoms with van der Waals surface area (Å²) in [5, 5.41) is 18.3. The summed E-state index contributed by atoms with van der Waals surface area (Å²) in [6.07, 6.45) is 16.9. The Morgan fingerprint density at radius 2 is 2.08 bits per heavy atom. The number of hydrogen-bond donors (Lipinski definition) is 2. The lowest BCUT2D eigenvalue weighted by Crippen LogP contribution is -2.00. The van der Waals surface area contributed by atoms with E-state index in [9.17, 15) is 9.90 Å². The first-order chi connectivity index (χ1) is 11.6. The zero-order valence-corrected chi connectivity index (χ0v) is 14.9. The Bertz CT molecular complexity index is 467. The maximum absolute atomic E-state index is 10.4. The fraction of sp³-hybridized carbons (Fsp3) is 0.667. The van der Waals surface area contributed by atoms with Crippen LogP contribution in [-0.2, 0) is 4.79 Å². The van der Waals surface area contributed by atoms with Gasteiger partial charge in [0.1, 0.15) is 0 Å². The zero-order valence-electron chi connectivity index (χ0n) is 14.9. The predicted molar refractivity (Wildman–Crippen MR) is 98.5 cm³/mol. The van der Waals surface area contributed by atoms with Gasteiger partial charge in [0.25, 0.3) is 0 Å². The largest absolute Gasteiger partial charge is 0.481 e. The topological polar surface area (TPSA) is 57.5 Å². The average Bonchev–Trinajstić information content (AvgIpc) is 3.29. The summed E-state index contributed by atoms with van der Waals surface area (Å²) in [5.41, 5.74) is 0. The van der Waals surface area contributed by atoms with Crippen molar-refractivity contribution in [3.8, 4) is 11.8 Å². The highest BCUT2D eigenvalue weighted by molar-refractivity contribution is 5.66. The van der Waals surface area contributed by atoms with Crippen LogP contribution in [0.4, 0.5) is 0 Å². The Kier molecular flexibility index (Phi) is 11.0. The van der Waals surface area contributed by atoms with Crippen molar-refractivity contribution in [2.45, 2.75) is 77.2 Å². The van der Waals surface area contributed by atoms with Crippen molar-refractivity contribution in [1.29, 1.82) is 0 Å². The first-order valence-corrected chi connectivity index (χ1v) is 9.33. The minimum absolute atomic E-state index is 0.257. The number of unbranched alkanes of at least 4 members (excludes halogenated alkanes) is 3. The van der Waals surface area contributed by atoms with E-state index in [1.54, 1.807) is 12.2 Å². The molecule has 0 heterocycles. The average molecular weight is 332 g/mol. The minimum Gasteiger partial charge on any atom is -0.481 e. The van der Waals surface area contributed by atoms with E-state index < -0.39 is 5.97 Å². The van der Waals surface area contributed by atoms with Crippen LogP contribution in [0.1, 0.15) is 71.1 Å². The molecule has 1 aliphatic carbocycles. The number of aliphatic hydroxyl groups excluding tert-OH is 1. The van der Waals surface area contributed by atoms with Crippen LogP contribution in [-0.4, -0.2) is 22.3 Å². The lowest BCUT2D eigenvalue weighted by atomic mass is 10.1. The molecule has 0 saturated heterocycles. The zero-order chi connectivity index (χ0) is 17.6. The van der Waals surface area contributed by atoms with Crippen LogP contribution in [0.5, 0.6) is 0 Å². The van der Waals surface area contributed by atoms with Gasteiger partial charge in [0.2, 0.25) is 0 Å². The maximum atomic E-state index is 10.4. The van der Waals surface area contributed by atoms with Gasteiger partial charge in [-0.15, -0.1) is 0 Å². The standard InChI is InChI=1S/C21H32O3/c1-2-3-7-14-20(22)15-10-6-9-13-19-17-18(19)12-8-4-5-11-16-21(23)24/h4,8,10,15,18-20,22H,2-3,5,7,11-14,16-17H2,1H3,(H,23,24)/b8-4-,15-10+/t18-,19-,20-/m0/s1. The van der Waals surface area contributed by atoms with Crippen molar-refractivity contribution in [3.05, 3.63) is 24.3 Å². The SMILES string of the molecule is CCCCC[C@H](O)/C=C/C#CC[C@H]1C[C@@H]1C/C=C\CCCC(=O)O. The minimum atomic E-state index is -0.716. The van der Waals surface area contributed by atoms with E-state index in [-0.39, 0.29) is 12.5 Å². The molecular formula is C21H32O3. The molecule has 0 spiro atoms. The summed E-state index contributed by atoms with van der Waals surface area (Å²) in [4.78, 5) is 10.4. The Hall–Kier alpha value is -1.53. The van der Waals surface area contributed by atoms with Gasteiger partial charge in [-0.05, 0) is 56.1 Å². The molecule has 1 saturated carbocycles. The molecule has 0 bridgehead atoms. The van der Waals surface area contributed by atoms with Crippen LogP contribution in [0.25, 0.3) is 0 Å². The van der Waals surface area contributed by atoms with Crippen molar-refractivity contribution < 1.29 is 15.0 Å². The van der Waals surface area contributed by atoms with E-state index in [0.29, 0.717) is 5.92 Å². The molecule has 0 amide bonds. The van der Waals surface area contributed by atoms with E-state index in [4.69, 9.17) is 5.11 Å². The normalized spacial score (nSPS) is 20.9. The Balaban J connectivity index is 2.04. The number of carbonyl (C=O) groups is 1. The Labute approximate surface area is 146 Å². The summed E-state index contributed by atoms with van der Waals surface area (Å²) in [6.45, 7) is 2.16. The summed E-state index contributed by atoms with van der Waals surface area (Å²) in [6, 6.07) is 0. The summed E-state index contributed by atoms with van der Waals surface area (Å²) in [7, 11) is 0. The lowest BCUT2D eigenvalue weighted by Gasteiger charge is -2.02. The van der Waals surface area contributed by atoms with Crippen LogP contribution in [0.15, 0.2) is 24.3 Å². The van der Waals surface area contributed by atoms with E-state index in [0.717, 1.165) is 44.4 Å². The number of hydrogen-bond acceptors (Lipinski definition) is 2. The first kappa shape index (κ1) is 20.5. The molecule has 1 rings (SSSR count). The van der Waals surface area contributed by atoms with E-state index in [1.165, 1.54) is 19.3 Å². The van der Waals surface area contributed by atoms with Crippen molar-refractivity contribution in [2.24, 2.45) is 11.8 Å². The smallest absolute Gasteiger partial charge is 0.303 e. The number of carboxylic acids is 1. The van der Waals surface area contributed by atoms with Crippen LogP contribution in [0, 0.1) is 23.7 Å². The monoisotopic (exact) mass is 332 g/mol. The summed E-state index contributed by atoms with van der Waals surface area (Å²) >= 11 is 0. The van der Waals surface area contributed by atoms with Crippen LogP contribution >= 0.6 is 0 Å². The van der Waals surface area contributed by atoms with Gasteiger partial charge in [0, 0.05) is 12.8 Å². The van der Waals surface area contributed by atoms with Crippen LogP contribution < -0.4 is 0 Å². The van der Waals surface area contributed by atoms with Gasteiger partial charge in [-0.3, -0.25) is 4.79 Å². The Morgan fingerprint density at radius 3 is 2.83 bits per heavy atom. The highest BCUT2D eigenvalue weighted by Crippen LogP contribution is 2.43. The molecule has 3 nitrogen and oxygen atoms in total. The van der Waals surface area contributed by atoms with Crippen molar-refractivity contribution in [2.75, 3.05) is 0 Å². The number of carboxylic acid groups (broad SMARTS) is 1. The Morgan fingerprint density at radius 1 is 1.25 bits per heavy atom. The number of rotatable bonds is 12. The number of aliphatic carboxylic acids is 1. The lowest BCUT2D eigenvalue weighted by molar-refractivity contribution is -0.137. The van der Waals surface area contributed by atoms with Crippen molar-refractivity contribution in [1.82, 2.24) is 0 Å². The second-order valence-electron chi connectivity index (χ2n) is 6.70. The molecule has 0 aliphatic heterocycles. The molecule has 2 N–H and O–H groups in total. The summed E-state index contributed by atoms with van der Waals surface area (Å²) < 4.78 is 0. The maximum Gasteiger partial charge on any atom is 0.303 e. The summed E-state index contributed by atoms with van der Waals surface area (Å²) in [5.74, 6) is 6.96. The van der Waals surface area contributed by atoms with Crippen molar-refractivity contribution in [3.63, 3.8) is 0 Å². The number of aliphatic hydroxyl groups is 1.